The molecule has 1 spiro atoms. The Bertz CT molecular complexity index is 1430. The molecule has 37 heavy (non-hydrogen) atoms. The third kappa shape index (κ3) is 4.24. The van der Waals surface area contributed by atoms with Crippen LogP contribution in [0.2, 0.25) is 0 Å². The van der Waals surface area contributed by atoms with Crippen LogP contribution in [0.25, 0.3) is 11.0 Å². The van der Waals surface area contributed by atoms with E-state index in [0.29, 0.717) is 24.7 Å². The molecule has 0 saturated carbocycles. The fraction of sp³-hybridized carbons (Fsp3) is 0.385. The lowest BCUT2D eigenvalue weighted by Crippen LogP contribution is -2.69. The van der Waals surface area contributed by atoms with Gasteiger partial charge in [-0.15, -0.1) is 0 Å². The van der Waals surface area contributed by atoms with Gasteiger partial charge in [0.1, 0.15) is 35.5 Å². The Morgan fingerprint density at radius 1 is 1.22 bits per heavy atom. The Kier molecular flexibility index (Phi) is 6.25. The van der Waals surface area contributed by atoms with Gasteiger partial charge in [0.15, 0.2) is 6.73 Å². The third-order valence-corrected chi connectivity index (χ3v) is 7.25. The lowest BCUT2D eigenvalue weighted by molar-refractivity contribution is -0.152. The molecule has 11 heteroatoms. The molecule has 2 atom stereocenters. The Morgan fingerprint density at radius 2 is 2.03 bits per heavy atom. The van der Waals surface area contributed by atoms with E-state index in [-0.39, 0.29) is 35.9 Å². The number of aromatic nitrogens is 3. The van der Waals surface area contributed by atoms with E-state index in [4.69, 9.17) is 14.7 Å². The molecule has 2 saturated heterocycles. The lowest BCUT2D eigenvalue weighted by atomic mass is 9.74. The molecule has 4 heterocycles. The largest absolute Gasteiger partial charge is 0.440 e. The van der Waals surface area contributed by atoms with E-state index in [2.05, 4.69) is 21.8 Å². The van der Waals surface area contributed by atoms with E-state index in [9.17, 15) is 14.4 Å². The number of hydrogen-bond acceptors (Lipinski definition) is 9. The van der Waals surface area contributed by atoms with Crippen molar-refractivity contribution in [2.24, 2.45) is 5.92 Å². The van der Waals surface area contributed by atoms with Crippen LogP contribution in [0.4, 0.5) is 5.82 Å². The maximum Gasteiger partial charge on any atom is 0.343 e. The van der Waals surface area contributed by atoms with E-state index in [1.54, 1.807) is 22.9 Å². The fourth-order valence-electron chi connectivity index (χ4n) is 5.34. The topological polar surface area (TPSA) is 131 Å². The second kappa shape index (κ2) is 9.54. The van der Waals surface area contributed by atoms with Gasteiger partial charge in [0.05, 0.1) is 17.0 Å². The van der Waals surface area contributed by atoms with E-state index in [1.165, 1.54) is 25.4 Å². The Morgan fingerprint density at radius 3 is 2.78 bits per heavy atom. The molecular formula is C26H26N6O5. The second-order valence-electron chi connectivity index (χ2n) is 9.39. The van der Waals surface area contributed by atoms with Gasteiger partial charge in [-0.1, -0.05) is 19.1 Å². The smallest absolute Gasteiger partial charge is 0.343 e. The highest BCUT2D eigenvalue weighted by Gasteiger charge is 2.56. The average molecular weight is 503 g/mol. The van der Waals surface area contributed by atoms with Gasteiger partial charge in [0, 0.05) is 32.8 Å². The highest BCUT2D eigenvalue weighted by molar-refractivity contribution is 5.93. The number of nitriles is 1. The molecule has 0 radical (unpaired) electrons. The number of ether oxygens (including phenoxy) is 2. The molecule has 0 aliphatic carbocycles. The number of hydrogen-bond donors (Lipinski definition) is 0. The van der Waals surface area contributed by atoms with E-state index in [1.807, 2.05) is 17.0 Å². The van der Waals surface area contributed by atoms with Crippen LogP contribution in [0.15, 0.2) is 42.9 Å². The summed E-state index contributed by atoms with van der Waals surface area (Å²) in [6.07, 6.45) is 3.94. The van der Waals surface area contributed by atoms with Crippen molar-refractivity contribution in [2.45, 2.75) is 39.0 Å². The maximum atomic E-state index is 12.7. The van der Waals surface area contributed by atoms with Crippen molar-refractivity contribution in [3.05, 3.63) is 48.4 Å². The van der Waals surface area contributed by atoms with Crippen LogP contribution in [-0.4, -0.2) is 62.5 Å². The standard InChI is InChI=1S/C26H26N6O5/c1-17-13-32(22(34)7-10-27)26(17)9-12-30(14-26)23-20-8-11-31(24(20)29-15-28-23)16-36-25(35)19-5-3-4-6-21(19)37-18(2)33/h3-6,8,11,15,17H,7,9,12-14,16H2,1-2H3/t17-,26-/m0/s1. The van der Waals surface area contributed by atoms with E-state index < -0.39 is 11.9 Å². The first-order valence-corrected chi connectivity index (χ1v) is 12.0. The molecule has 3 aromatic rings. The summed E-state index contributed by atoms with van der Waals surface area (Å²) in [6, 6.07) is 10.2. The summed E-state index contributed by atoms with van der Waals surface area (Å²) in [7, 11) is 0. The Hall–Kier alpha value is -4.46. The van der Waals surface area contributed by atoms with Crippen molar-refractivity contribution in [3.63, 3.8) is 0 Å². The number of amides is 1. The van der Waals surface area contributed by atoms with Gasteiger partial charge < -0.3 is 19.3 Å². The molecule has 1 aromatic carbocycles. The second-order valence-corrected chi connectivity index (χ2v) is 9.39. The van der Waals surface area contributed by atoms with Crippen molar-refractivity contribution in [3.8, 4) is 11.8 Å². The minimum Gasteiger partial charge on any atom is -0.440 e. The molecule has 2 aliphatic heterocycles. The van der Waals surface area contributed by atoms with Gasteiger partial charge in [-0.05, 0) is 30.5 Å². The summed E-state index contributed by atoms with van der Waals surface area (Å²) < 4.78 is 12.3. The summed E-state index contributed by atoms with van der Waals surface area (Å²) in [5.41, 5.74) is 0.460. The van der Waals surface area contributed by atoms with E-state index >= 15 is 0 Å². The number of rotatable bonds is 6. The molecule has 0 bridgehead atoms. The molecule has 0 N–H and O–H groups in total. The van der Waals surface area contributed by atoms with Crippen LogP contribution in [-0.2, 0) is 21.1 Å². The molecule has 2 aliphatic rings. The predicted molar refractivity (Wildman–Crippen MR) is 131 cm³/mol. The molecule has 2 aromatic heterocycles. The van der Waals surface area contributed by atoms with Crippen LogP contribution >= 0.6 is 0 Å². The minimum absolute atomic E-state index is 0.0927. The zero-order valence-corrected chi connectivity index (χ0v) is 20.6. The Labute approximate surface area is 213 Å². The maximum absolute atomic E-state index is 12.7. The highest BCUT2D eigenvalue weighted by atomic mass is 16.6. The lowest BCUT2D eigenvalue weighted by Gasteiger charge is -2.55. The number of fused-ring (bicyclic) bond motifs is 1. The number of para-hydroxylation sites is 1. The van der Waals surface area contributed by atoms with Crippen LogP contribution in [0.1, 0.15) is 37.0 Å². The van der Waals surface area contributed by atoms with Gasteiger partial charge in [0.25, 0.3) is 0 Å². The van der Waals surface area contributed by atoms with E-state index in [0.717, 1.165) is 24.2 Å². The van der Waals surface area contributed by atoms with Crippen molar-refractivity contribution in [2.75, 3.05) is 24.5 Å². The third-order valence-electron chi connectivity index (χ3n) is 7.25. The Balaban J connectivity index is 1.33. The summed E-state index contributed by atoms with van der Waals surface area (Å²) in [5.74, 6) is -0.0692. The first kappa shape index (κ1) is 24.2. The number of likely N-dealkylation sites (tertiary alicyclic amines) is 1. The van der Waals surface area contributed by atoms with Crippen LogP contribution in [0.3, 0.4) is 0 Å². The molecule has 11 nitrogen and oxygen atoms in total. The molecule has 2 fully saturated rings. The van der Waals surface area contributed by atoms with Gasteiger partial charge in [-0.2, -0.15) is 5.26 Å². The summed E-state index contributed by atoms with van der Waals surface area (Å²) in [4.78, 5) is 49.5. The van der Waals surface area contributed by atoms with Gasteiger partial charge >= 0.3 is 11.9 Å². The number of nitrogens with zero attached hydrogens (tertiary/aromatic N) is 6. The molecule has 5 rings (SSSR count). The average Bonchev–Trinajstić information content (AvgIpc) is 3.52. The monoisotopic (exact) mass is 502 g/mol. The van der Waals surface area contributed by atoms with Crippen molar-refractivity contribution < 1.29 is 23.9 Å². The number of anilines is 1. The fourth-order valence-corrected chi connectivity index (χ4v) is 5.34. The quantitative estimate of drug-likeness (QED) is 0.368. The zero-order chi connectivity index (χ0) is 26.2. The van der Waals surface area contributed by atoms with Gasteiger partial charge in [-0.25, -0.2) is 14.8 Å². The number of carbonyl (C=O) groups excluding carboxylic acids is 3. The van der Waals surface area contributed by atoms with Crippen LogP contribution in [0, 0.1) is 17.2 Å². The normalized spacial score (nSPS) is 20.5. The van der Waals surface area contributed by atoms with Crippen molar-refractivity contribution >= 4 is 34.7 Å². The summed E-state index contributed by atoms with van der Waals surface area (Å²) in [5, 5.41) is 9.77. The molecule has 190 valence electrons. The zero-order valence-electron chi connectivity index (χ0n) is 20.6. The molecule has 0 unspecified atom stereocenters. The van der Waals surface area contributed by atoms with Crippen LogP contribution in [0.5, 0.6) is 5.75 Å². The number of benzene rings is 1. The number of esters is 2. The van der Waals surface area contributed by atoms with Gasteiger partial charge in [0.2, 0.25) is 5.91 Å². The van der Waals surface area contributed by atoms with Gasteiger partial charge in [-0.3, -0.25) is 14.2 Å². The van der Waals surface area contributed by atoms with Crippen molar-refractivity contribution in [1.29, 1.82) is 5.26 Å². The first-order valence-electron chi connectivity index (χ1n) is 12.0. The molecule has 1 amide bonds. The SMILES string of the molecule is CC(=O)Oc1ccccc1C(=O)OCn1ccc2c(N3CC[C@]4(C3)[C@@H](C)CN4C(=O)CC#N)ncnc21. The minimum atomic E-state index is -0.629. The molecular weight excluding hydrogens is 476 g/mol. The highest BCUT2D eigenvalue weighted by Crippen LogP contribution is 2.45. The van der Waals surface area contributed by atoms with Crippen LogP contribution < -0.4 is 9.64 Å². The summed E-state index contributed by atoms with van der Waals surface area (Å²) >= 11 is 0. The summed E-state index contributed by atoms with van der Waals surface area (Å²) in [6.45, 7) is 5.32. The number of carbonyl (C=O) groups is 3. The first-order chi connectivity index (χ1) is 17.8. The van der Waals surface area contributed by atoms with Crippen molar-refractivity contribution in [1.82, 2.24) is 19.4 Å². The predicted octanol–water partition coefficient (Wildman–Crippen LogP) is 2.51.